The Morgan fingerprint density at radius 3 is 2.68 bits per heavy atom. The van der Waals surface area contributed by atoms with Crippen molar-refractivity contribution in [3.05, 3.63) is 74.1 Å². The summed E-state index contributed by atoms with van der Waals surface area (Å²) in [7, 11) is 0. The highest BCUT2D eigenvalue weighted by Crippen LogP contribution is 2.21. The predicted octanol–water partition coefficient (Wildman–Crippen LogP) is 3.45. The maximum atomic E-state index is 13.4. The summed E-state index contributed by atoms with van der Waals surface area (Å²) in [6.07, 6.45) is 0. The number of nitrogen functional groups attached to an aromatic ring is 1. The van der Waals surface area contributed by atoms with Crippen LogP contribution in [-0.4, -0.2) is 21.1 Å². The van der Waals surface area contributed by atoms with E-state index in [1.165, 1.54) is 30.3 Å². The lowest BCUT2D eigenvalue weighted by atomic mass is 10.2. The Morgan fingerprint density at radius 1 is 1.32 bits per heavy atom. The Morgan fingerprint density at radius 2 is 2.07 bits per heavy atom. The quantitative estimate of drug-likeness (QED) is 0.251. The Labute approximate surface area is 165 Å². The third-order valence-corrected chi connectivity index (χ3v) is 4.06. The maximum Gasteiger partial charge on any atom is 0.269 e. The molecule has 3 N–H and O–H groups in total. The van der Waals surface area contributed by atoms with Crippen LogP contribution in [0.2, 0.25) is 0 Å². The number of nitrogens with one attached hydrogen (secondary N) is 1. The maximum absolute atomic E-state index is 13.4. The molecular weight excluding hydrogens is 439 g/mol. The molecule has 0 saturated carbocycles. The van der Waals surface area contributed by atoms with E-state index in [1.54, 1.807) is 12.1 Å². The summed E-state index contributed by atoms with van der Waals surface area (Å²) in [6, 6.07) is 10.0. The molecule has 1 aromatic heterocycles. The molecule has 0 saturated heterocycles. The number of anilines is 2. The predicted molar refractivity (Wildman–Crippen MR) is 101 cm³/mol. The molecule has 0 aliphatic heterocycles. The molecule has 12 heteroatoms. The second kappa shape index (κ2) is 8.43. The van der Waals surface area contributed by atoms with Crippen molar-refractivity contribution in [3.8, 4) is 0 Å². The third-order valence-electron chi connectivity index (χ3n) is 3.45. The van der Waals surface area contributed by atoms with E-state index in [2.05, 4.69) is 41.3 Å². The van der Waals surface area contributed by atoms with Crippen molar-refractivity contribution in [2.24, 2.45) is 5.16 Å². The smallest absolute Gasteiger partial charge is 0.269 e. The minimum absolute atomic E-state index is 0.0219. The van der Waals surface area contributed by atoms with Gasteiger partial charge in [0, 0.05) is 17.8 Å². The van der Waals surface area contributed by atoms with Crippen molar-refractivity contribution in [1.82, 2.24) is 10.3 Å². The second-order valence-electron chi connectivity index (χ2n) is 5.39. The van der Waals surface area contributed by atoms with Gasteiger partial charge in [-0.05, 0) is 62.1 Å². The number of nitrogens with two attached hydrogens (primary N) is 1. The molecule has 28 heavy (non-hydrogen) atoms. The minimum Gasteiger partial charge on any atom is -0.389 e. The number of halogens is 2. The lowest BCUT2D eigenvalue weighted by Crippen LogP contribution is -2.16. The third kappa shape index (κ3) is 4.59. The van der Waals surface area contributed by atoms with Gasteiger partial charge in [0.05, 0.1) is 9.40 Å². The van der Waals surface area contributed by atoms with Crippen molar-refractivity contribution in [3.63, 3.8) is 0 Å². The zero-order valence-electron chi connectivity index (χ0n) is 14.0. The van der Waals surface area contributed by atoms with Crippen LogP contribution in [0.1, 0.15) is 11.3 Å². The van der Waals surface area contributed by atoms with Crippen LogP contribution in [0.25, 0.3) is 0 Å². The van der Waals surface area contributed by atoms with Gasteiger partial charge in [-0.3, -0.25) is 10.1 Å². The second-order valence-corrected chi connectivity index (χ2v) is 6.24. The average molecular weight is 451 g/mol. The molecule has 0 bridgehead atoms. The van der Waals surface area contributed by atoms with Crippen molar-refractivity contribution >= 4 is 39.0 Å². The number of nitro benzene ring substituents is 1. The average Bonchev–Trinajstić information content (AvgIpc) is 3.10. The summed E-state index contributed by atoms with van der Waals surface area (Å²) in [6.45, 7) is 0.0292. The van der Waals surface area contributed by atoms with E-state index >= 15 is 0 Å². The van der Waals surface area contributed by atoms with E-state index < -0.39 is 10.7 Å². The monoisotopic (exact) mass is 450 g/mol. The van der Waals surface area contributed by atoms with Gasteiger partial charge in [0.1, 0.15) is 12.4 Å². The van der Waals surface area contributed by atoms with Crippen LogP contribution in [0.5, 0.6) is 0 Å². The van der Waals surface area contributed by atoms with Crippen molar-refractivity contribution in [2.75, 3.05) is 11.1 Å². The van der Waals surface area contributed by atoms with Gasteiger partial charge in [0.25, 0.3) is 5.69 Å². The molecule has 144 valence electrons. The van der Waals surface area contributed by atoms with Gasteiger partial charge in [-0.15, -0.1) is 0 Å². The lowest BCUT2D eigenvalue weighted by Gasteiger charge is -2.08. The fourth-order valence-electron chi connectivity index (χ4n) is 2.08. The first-order valence-corrected chi connectivity index (χ1v) is 8.47. The highest BCUT2D eigenvalue weighted by molar-refractivity contribution is 9.10. The number of nitrogens with zero attached hydrogens (tertiary/aromatic N) is 4. The number of aromatic nitrogens is 2. The molecule has 1 heterocycles. The molecule has 3 rings (SSSR count). The first-order chi connectivity index (χ1) is 13.4. The van der Waals surface area contributed by atoms with Gasteiger partial charge in [0.15, 0.2) is 11.5 Å². The number of nitro groups is 1. The van der Waals surface area contributed by atoms with Gasteiger partial charge in [0.2, 0.25) is 5.84 Å². The number of benzene rings is 2. The number of hydrogen-bond donors (Lipinski definition) is 2. The van der Waals surface area contributed by atoms with Gasteiger partial charge < -0.3 is 15.9 Å². The summed E-state index contributed by atoms with van der Waals surface area (Å²) in [4.78, 5) is 15.5. The minimum atomic E-state index is -0.494. The van der Waals surface area contributed by atoms with Gasteiger partial charge in [-0.2, -0.15) is 0 Å². The zero-order valence-corrected chi connectivity index (χ0v) is 15.6. The Balaban J connectivity index is 1.77. The SMILES string of the molecule is Nc1nonc1/C(=N/OCc1ccc([N+](=O)[O-])cc1)Nc1ccc(F)c(Br)c1. The van der Waals surface area contributed by atoms with E-state index in [9.17, 15) is 14.5 Å². The first kappa shape index (κ1) is 19.2. The number of non-ortho nitro benzene ring substituents is 1. The van der Waals surface area contributed by atoms with Crippen LogP contribution in [0.3, 0.4) is 0 Å². The van der Waals surface area contributed by atoms with Crippen molar-refractivity contribution in [2.45, 2.75) is 6.61 Å². The standard InChI is InChI=1S/C16H12BrFN6O4/c17-12-7-10(3-6-13(12)18)20-16(14-15(19)22-28-21-14)23-27-8-9-1-4-11(5-2-9)24(25)26/h1-7H,8H2,(H2,19,22)(H,20,23). The molecule has 0 spiro atoms. The summed E-state index contributed by atoms with van der Waals surface area (Å²) in [5.74, 6) is -0.369. The van der Waals surface area contributed by atoms with Crippen LogP contribution >= 0.6 is 15.9 Å². The van der Waals surface area contributed by atoms with Crippen molar-refractivity contribution in [1.29, 1.82) is 0 Å². The molecule has 3 aromatic rings. The van der Waals surface area contributed by atoms with Crippen LogP contribution in [-0.2, 0) is 11.4 Å². The Kier molecular flexibility index (Phi) is 5.79. The first-order valence-electron chi connectivity index (χ1n) is 7.68. The van der Waals surface area contributed by atoms with E-state index in [-0.39, 0.29) is 34.1 Å². The fourth-order valence-corrected chi connectivity index (χ4v) is 2.46. The van der Waals surface area contributed by atoms with Crippen LogP contribution in [0.4, 0.5) is 21.6 Å². The van der Waals surface area contributed by atoms with Crippen LogP contribution < -0.4 is 11.1 Å². The Hall–Kier alpha value is -3.54. The molecule has 0 aliphatic carbocycles. The van der Waals surface area contributed by atoms with E-state index in [0.717, 1.165) is 0 Å². The number of hydrogen-bond acceptors (Lipinski definition) is 8. The summed E-state index contributed by atoms with van der Waals surface area (Å²) in [5.41, 5.74) is 6.91. The van der Waals surface area contributed by atoms with E-state index in [0.29, 0.717) is 11.3 Å². The Bertz CT molecular complexity index is 1020. The molecule has 0 unspecified atom stereocenters. The topological polar surface area (TPSA) is 142 Å². The normalized spacial score (nSPS) is 11.3. The van der Waals surface area contributed by atoms with E-state index in [4.69, 9.17) is 10.6 Å². The zero-order chi connectivity index (χ0) is 20.1. The summed E-state index contributed by atoms with van der Waals surface area (Å²) < 4.78 is 18.2. The molecular formula is C16H12BrFN6O4. The lowest BCUT2D eigenvalue weighted by molar-refractivity contribution is -0.384. The molecule has 2 aromatic carbocycles. The van der Waals surface area contributed by atoms with Crippen molar-refractivity contribution < 1.29 is 18.8 Å². The molecule has 0 aliphatic rings. The molecule has 0 atom stereocenters. The van der Waals surface area contributed by atoms with Gasteiger partial charge in [-0.1, -0.05) is 5.16 Å². The fraction of sp³-hybridized carbons (Fsp3) is 0.0625. The summed E-state index contributed by atoms with van der Waals surface area (Å²) in [5, 5.41) is 24.7. The highest BCUT2D eigenvalue weighted by atomic mass is 79.9. The van der Waals surface area contributed by atoms with Gasteiger partial charge >= 0.3 is 0 Å². The molecule has 10 nitrogen and oxygen atoms in total. The number of rotatable bonds is 6. The largest absolute Gasteiger partial charge is 0.389 e. The number of oxime groups is 1. The molecule has 0 amide bonds. The molecule has 0 fully saturated rings. The van der Waals surface area contributed by atoms with E-state index in [1.807, 2.05) is 0 Å². The summed E-state index contributed by atoms with van der Waals surface area (Å²) >= 11 is 3.09. The number of amidine groups is 1. The molecule has 0 radical (unpaired) electrons. The van der Waals surface area contributed by atoms with Gasteiger partial charge in [-0.25, -0.2) is 9.02 Å². The van der Waals surface area contributed by atoms with Crippen LogP contribution in [0, 0.1) is 15.9 Å². The van der Waals surface area contributed by atoms with Crippen LogP contribution in [0.15, 0.2) is 56.7 Å². The highest BCUT2D eigenvalue weighted by Gasteiger charge is 2.16.